The third-order valence-corrected chi connectivity index (χ3v) is 16.7. The third-order valence-electron chi connectivity index (χ3n) is 16.3. The van der Waals surface area contributed by atoms with E-state index < -0.39 is 207 Å². The number of unbranched alkanes of at least 4 members (excludes halogenated alkanes) is 1. The summed E-state index contributed by atoms with van der Waals surface area (Å²) in [6.07, 6.45) is 5.40. The molecule has 105 heavy (non-hydrogen) atoms. The normalized spacial score (nSPS) is 16.5. The molecule has 0 saturated carbocycles. The molecule has 14 amide bonds. The van der Waals surface area contributed by atoms with Gasteiger partial charge in [-0.05, 0) is 76.7 Å². The standard InChI is InChI=1S/C61H97N23O20S/c1-31(2)16-38(58(101)83-14-6-10-43(83)56(99)77-36(9-5-13-68-61(64)65)53(96)81-40(60(103)104)19-49(91)92)79-54(97)37(17-32-20-66-29-73-32)78-57(100)44-11-7-15-84(44)59(102)39(18-33-21-67-30-74-33)80-52(95)35(8-3-4-12-62)75-47(89)24-69-46(88)23-72-51(94)41(26-85)82-55(98)42(27-86)76-48(90)25-70-45(87)22-71-50(93)34(63)28-105/h20-21,29-31,34-44,85-86,105H,3-19,22-28,62-63H2,1-2H3,(H,66,73)(H,67,74)(H,69,88)(H,70,87)(H,71,93)(H,72,94)(H,75,89)(H,76,90)(H,77,99)(H,78,100)(H,79,97)(H,80,95)(H,81,96)(H,82,98)(H,91,92)(H,103,104)(H4,64,65,68)/t34-,35-,36-,37-,38-,39-,40-,41-,42-,43-,44-/m0/s1. The fourth-order valence-electron chi connectivity index (χ4n) is 10.9. The maximum Gasteiger partial charge on any atom is 0.326 e. The summed E-state index contributed by atoms with van der Waals surface area (Å²) in [6, 6.07) is -15.8. The molecule has 2 aliphatic heterocycles. The summed E-state index contributed by atoms with van der Waals surface area (Å²) in [5.41, 5.74) is 22.9. The molecule has 2 aliphatic rings. The summed E-state index contributed by atoms with van der Waals surface area (Å²) in [5, 5.41) is 67.0. The highest BCUT2D eigenvalue weighted by Crippen LogP contribution is 2.23. The van der Waals surface area contributed by atoms with Gasteiger partial charge in [0.15, 0.2) is 5.96 Å². The maximum atomic E-state index is 14.9. The van der Waals surface area contributed by atoms with Gasteiger partial charge in [-0.25, -0.2) is 14.8 Å². The summed E-state index contributed by atoms with van der Waals surface area (Å²) < 4.78 is 0. The number of aromatic nitrogens is 4. The zero-order valence-electron chi connectivity index (χ0n) is 58.0. The highest BCUT2D eigenvalue weighted by Gasteiger charge is 2.43. The predicted octanol–water partition coefficient (Wildman–Crippen LogP) is -10.7. The van der Waals surface area contributed by atoms with Crippen molar-refractivity contribution in [2.45, 2.75) is 164 Å². The third kappa shape index (κ3) is 30.0. The molecule has 0 aliphatic carbocycles. The Hall–Kier alpha value is -10.6. The number of carbonyl (C=O) groups excluding carboxylic acids is 14. The van der Waals surface area contributed by atoms with E-state index in [1.165, 1.54) is 34.8 Å². The number of nitrogens with two attached hydrogens (primary N) is 4. The monoisotopic (exact) mass is 1500 g/mol. The zero-order chi connectivity index (χ0) is 77.9. The first-order chi connectivity index (χ1) is 49.9. The molecule has 26 N–H and O–H groups in total. The number of nitrogens with zero attached hydrogens (tertiary/aromatic N) is 5. The Morgan fingerprint density at radius 1 is 0.552 bits per heavy atom. The quantitative estimate of drug-likeness (QED) is 0.0127. The van der Waals surface area contributed by atoms with Gasteiger partial charge in [-0.15, -0.1) is 0 Å². The van der Waals surface area contributed by atoms with Crippen LogP contribution in [0.1, 0.15) is 95.9 Å². The Kier molecular flexibility index (Phi) is 37.0. The number of amides is 14. The van der Waals surface area contributed by atoms with Gasteiger partial charge in [0, 0.05) is 62.0 Å². The van der Waals surface area contributed by atoms with Crippen LogP contribution in [0.15, 0.2) is 30.0 Å². The van der Waals surface area contributed by atoms with Gasteiger partial charge in [-0.3, -0.25) is 76.9 Å². The minimum Gasteiger partial charge on any atom is -0.481 e. The molecule has 4 heterocycles. The number of thiol groups is 1. The number of aliphatic hydroxyl groups is 2. The molecule has 0 spiro atoms. The molecule has 2 aromatic heterocycles. The molecule has 11 atom stereocenters. The number of aliphatic hydroxyl groups excluding tert-OH is 2. The molecule has 2 saturated heterocycles. The fourth-order valence-corrected chi connectivity index (χ4v) is 11.1. The minimum absolute atomic E-state index is 0.00145. The summed E-state index contributed by atoms with van der Waals surface area (Å²) in [6.45, 7) is -1.14. The number of hydrogen-bond acceptors (Lipinski definition) is 24. The van der Waals surface area contributed by atoms with Crippen LogP contribution in [0, 0.1) is 5.92 Å². The lowest BCUT2D eigenvalue weighted by atomic mass is 10.0. The van der Waals surface area contributed by atoms with E-state index in [0.29, 0.717) is 24.2 Å². The predicted molar refractivity (Wildman–Crippen MR) is 370 cm³/mol. The van der Waals surface area contributed by atoms with Crippen molar-refractivity contribution in [2.75, 3.05) is 71.3 Å². The molecule has 0 aromatic carbocycles. The molecular weight excluding hydrogens is 1410 g/mol. The van der Waals surface area contributed by atoms with Crippen LogP contribution in [0.25, 0.3) is 0 Å². The Morgan fingerprint density at radius 3 is 1.48 bits per heavy atom. The van der Waals surface area contributed by atoms with Crippen molar-refractivity contribution < 1.29 is 97.1 Å². The van der Waals surface area contributed by atoms with Gasteiger partial charge in [0.2, 0.25) is 82.7 Å². The van der Waals surface area contributed by atoms with Crippen LogP contribution >= 0.6 is 12.6 Å². The van der Waals surface area contributed by atoms with Crippen LogP contribution in [0.5, 0.6) is 0 Å². The van der Waals surface area contributed by atoms with Gasteiger partial charge >= 0.3 is 11.9 Å². The summed E-state index contributed by atoms with van der Waals surface area (Å²) in [5.74, 6) is -16.1. The van der Waals surface area contributed by atoms with E-state index in [1.807, 2.05) is 0 Å². The van der Waals surface area contributed by atoms with E-state index in [-0.39, 0.29) is 108 Å². The topological polar surface area (TPSA) is 679 Å². The number of carboxylic acids is 2. The van der Waals surface area contributed by atoms with Crippen LogP contribution < -0.4 is 86.7 Å². The first-order valence-corrected chi connectivity index (χ1v) is 34.4. The molecule has 2 aromatic rings. The number of H-pyrrole nitrogens is 2. The molecule has 0 unspecified atom stereocenters. The van der Waals surface area contributed by atoms with Crippen LogP contribution in [0.2, 0.25) is 0 Å². The van der Waals surface area contributed by atoms with E-state index >= 15 is 0 Å². The Balaban J connectivity index is 1.44. The van der Waals surface area contributed by atoms with Crippen LogP contribution in [0.4, 0.5) is 0 Å². The van der Waals surface area contributed by atoms with E-state index in [0.717, 1.165) is 0 Å². The van der Waals surface area contributed by atoms with Gasteiger partial charge in [0.1, 0.15) is 60.4 Å². The Labute approximate surface area is 607 Å². The van der Waals surface area contributed by atoms with Gasteiger partial charge in [0.25, 0.3) is 0 Å². The van der Waals surface area contributed by atoms with Gasteiger partial charge < -0.3 is 127 Å². The van der Waals surface area contributed by atoms with E-state index in [1.54, 1.807) is 13.8 Å². The van der Waals surface area contributed by atoms with Gasteiger partial charge in [-0.1, -0.05) is 13.8 Å². The van der Waals surface area contributed by atoms with Crippen molar-refractivity contribution in [3.63, 3.8) is 0 Å². The van der Waals surface area contributed by atoms with Crippen LogP contribution in [0.3, 0.4) is 0 Å². The first-order valence-electron chi connectivity index (χ1n) is 33.7. The van der Waals surface area contributed by atoms with Crippen LogP contribution in [-0.2, 0) is 89.6 Å². The number of aliphatic imine (C=N–C) groups is 1. The number of carboxylic acid groups (broad SMARTS) is 2. The number of hydrogen-bond donors (Lipinski definition) is 23. The van der Waals surface area contributed by atoms with Crippen molar-refractivity contribution in [3.05, 3.63) is 36.4 Å². The maximum absolute atomic E-state index is 14.9. The minimum atomic E-state index is -1.87. The van der Waals surface area contributed by atoms with Crippen molar-refractivity contribution in [3.8, 4) is 0 Å². The number of aliphatic carboxylic acids is 2. The average molecular weight is 1500 g/mol. The largest absolute Gasteiger partial charge is 0.481 e. The molecule has 43 nitrogen and oxygen atoms in total. The van der Waals surface area contributed by atoms with Crippen molar-refractivity contribution in [1.82, 2.24) is 93.5 Å². The first kappa shape index (κ1) is 86.8. The number of rotatable bonds is 46. The summed E-state index contributed by atoms with van der Waals surface area (Å²) >= 11 is 3.88. The fraction of sp³-hybridized carbons (Fsp3) is 0.623. The molecule has 2 fully saturated rings. The lowest BCUT2D eigenvalue weighted by molar-refractivity contribution is -0.147. The second-order valence-corrected chi connectivity index (χ2v) is 25.4. The summed E-state index contributed by atoms with van der Waals surface area (Å²) in [4.78, 5) is 233. The van der Waals surface area contributed by atoms with E-state index in [4.69, 9.17) is 22.9 Å². The molecular formula is C61H97N23O20S. The second-order valence-electron chi connectivity index (χ2n) is 25.0. The number of aromatic amines is 2. The second kappa shape index (κ2) is 44.8. The Bertz CT molecular complexity index is 3340. The molecule has 0 bridgehead atoms. The van der Waals surface area contributed by atoms with E-state index in [2.05, 4.69) is 101 Å². The molecule has 582 valence electrons. The summed E-state index contributed by atoms with van der Waals surface area (Å²) in [7, 11) is 0. The molecule has 44 heteroatoms. The number of carbonyl (C=O) groups is 16. The van der Waals surface area contributed by atoms with Crippen molar-refractivity contribution >= 4 is 113 Å². The smallest absolute Gasteiger partial charge is 0.326 e. The lowest BCUT2D eigenvalue weighted by Gasteiger charge is -2.32. The SMILES string of the molecule is CC(C)C[C@H](NC(=O)[C@H](Cc1cnc[nH]1)NC(=O)[C@@H]1CCCN1C(=O)[C@H](Cc1cnc[nH]1)NC(=O)[C@H](CCCCN)NC(=O)CNC(=O)CNC(=O)[C@H](CO)NC(=O)[C@H](CO)NC(=O)CNC(=O)CNC(=O)[C@@H](N)CS)C(=O)N1CCC[C@H]1C(=O)N[C@@H](CCCN=C(N)N)C(=O)N[C@@H](CC(=O)O)C(=O)O. The number of likely N-dealkylation sites (tertiary alicyclic amines) is 2. The van der Waals surface area contributed by atoms with Gasteiger partial charge in [-0.2, -0.15) is 12.6 Å². The lowest BCUT2D eigenvalue weighted by Crippen LogP contribution is -2.60. The molecule has 4 rings (SSSR count). The van der Waals surface area contributed by atoms with Gasteiger partial charge in [0.05, 0.1) is 64.5 Å². The number of imidazole rings is 2. The number of nitrogens with one attached hydrogen (secondary N) is 14. The van der Waals surface area contributed by atoms with E-state index in [9.17, 15) is 97.1 Å². The van der Waals surface area contributed by atoms with Crippen molar-refractivity contribution in [2.24, 2.45) is 33.8 Å². The van der Waals surface area contributed by atoms with Crippen molar-refractivity contribution in [1.29, 1.82) is 0 Å². The average Bonchev–Trinajstić information content (AvgIpc) is 1.68. The highest BCUT2D eigenvalue weighted by atomic mass is 32.1. The van der Waals surface area contributed by atoms with Crippen LogP contribution in [-0.4, -0.2) is 289 Å². The number of guanidine groups is 1. The Morgan fingerprint density at radius 2 is 0.990 bits per heavy atom. The zero-order valence-corrected chi connectivity index (χ0v) is 58.9. The molecule has 0 radical (unpaired) electrons. The highest BCUT2D eigenvalue weighted by molar-refractivity contribution is 7.80.